The number of aryl methyl sites for hydroxylation is 2. The monoisotopic (exact) mass is 278 g/mol. The standard InChI is InChI=1S/C14H15ClN2S/c1-9-5-7-16-14(15)13(9)17-11-3-2-4-12-10(11)6-8-18-12/h5-8,11,17H,2-4H2,1H3. The first-order valence-corrected chi connectivity index (χ1v) is 7.45. The van der Waals surface area contributed by atoms with Gasteiger partial charge in [0.15, 0.2) is 5.15 Å². The van der Waals surface area contributed by atoms with Crippen LogP contribution in [0.3, 0.4) is 0 Å². The van der Waals surface area contributed by atoms with Crippen molar-refractivity contribution in [1.82, 2.24) is 4.98 Å². The van der Waals surface area contributed by atoms with Crippen LogP contribution in [-0.2, 0) is 6.42 Å². The van der Waals surface area contributed by atoms with Crippen molar-refractivity contribution in [2.45, 2.75) is 32.2 Å². The van der Waals surface area contributed by atoms with Gasteiger partial charge in [-0.1, -0.05) is 11.6 Å². The predicted octanol–water partition coefficient (Wildman–Crippen LogP) is 4.59. The van der Waals surface area contributed by atoms with Crippen LogP contribution in [0.2, 0.25) is 5.15 Å². The Morgan fingerprint density at radius 2 is 2.33 bits per heavy atom. The number of hydrogen-bond acceptors (Lipinski definition) is 3. The third-order valence-corrected chi connectivity index (χ3v) is 4.77. The van der Waals surface area contributed by atoms with Crippen molar-refractivity contribution in [2.24, 2.45) is 0 Å². The van der Waals surface area contributed by atoms with Gasteiger partial charge in [-0.3, -0.25) is 0 Å². The molecule has 1 unspecified atom stereocenters. The van der Waals surface area contributed by atoms with Crippen molar-refractivity contribution < 1.29 is 0 Å². The SMILES string of the molecule is Cc1ccnc(Cl)c1NC1CCCc2sccc21. The minimum atomic E-state index is 0.375. The summed E-state index contributed by atoms with van der Waals surface area (Å²) in [6.45, 7) is 2.06. The first kappa shape index (κ1) is 12.0. The summed E-state index contributed by atoms with van der Waals surface area (Å²) in [6, 6.07) is 4.60. The molecule has 1 aliphatic carbocycles. The van der Waals surface area contributed by atoms with Crippen LogP contribution in [0.25, 0.3) is 0 Å². The van der Waals surface area contributed by atoms with E-state index in [4.69, 9.17) is 11.6 Å². The van der Waals surface area contributed by atoms with E-state index in [1.54, 1.807) is 6.20 Å². The molecule has 4 heteroatoms. The van der Waals surface area contributed by atoms with E-state index in [0.717, 1.165) is 17.7 Å². The molecule has 0 saturated heterocycles. The molecule has 3 rings (SSSR count). The van der Waals surface area contributed by atoms with Gasteiger partial charge < -0.3 is 5.32 Å². The van der Waals surface area contributed by atoms with Crippen LogP contribution >= 0.6 is 22.9 Å². The molecule has 0 amide bonds. The van der Waals surface area contributed by atoms with Crippen molar-refractivity contribution in [3.8, 4) is 0 Å². The van der Waals surface area contributed by atoms with E-state index in [1.165, 1.54) is 23.3 Å². The van der Waals surface area contributed by atoms with Gasteiger partial charge in [0.1, 0.15) is 0 Å². The summed E-state index contributed by atoms with van der Waals surface area (Å²) in [7, 11) is 0. The number of halogens is 1. The molecule has 0 aliphatic heterocycles. The molecule has 2 nitrogen and oxygen atoms in total. The lowest BCUT2D eigenvalue weighted by molar-refractivity contribution is 0.608. The quantitative estimate of drug-likeness (QED) is 0.813. The Bertz CT molecular complexity index is 544. The number of nitrogens with zero attached hydrogens (tertiary/aromatic N) is 1. The molecule has 2 aromatic rings. The van der Waals surface area contributed by atoms with Crippen molar-refractivity contribution in [3.05, 3.63) is 44.9 Å². The number of thiophene rings is 1. The lowest BCUT2D eigenvalue weighted by Gasteiger charge is -2.25. The third kappa shape index (κ3) is 2.13. The lowest BCUT2D eigenvalue weighted by atomic mass is 9.94. The molecule has 18 heavy (non-hydrogen) atoms. The molecule has 0 aromatic carbocycles. The molecule has 0 bridgehead atoms. The highest BCUT2D eigenvalue weighted by Crippen LogP contribution is 2.37. The Labute approximate surface area is 116 Å². The highest BCUT2D eigenvalue weighted by molar-refractivity contribution is 7.10. The van der Waals surface area contributed by atoms with Gasteiger partial charge in [0.05, 0.1) is 11.7 Å². The van der Waals surface area contributed by atoms with Gasteiger partial charge >= 0.3 is 0 Å². The Balaban J connectivity index is 1.91. The molecule has 0 radical (unpaired) electrons. The van der Waals surface area contributed by atoms with E-state index >= 15 is 0 Å². The largest absolute Gasteiger partial charge is 0.375 e. The Kier molecular flexibility index (Phi) is 3.27. The van der Waals surface area contributed by atoms with E-state index in [-0.39, 0.29) is 0 Å². The third-order valence-electron chi connectivity index (χ3n) is 3.48. The van der Waals surface area contributed by atoms with E-state index in [0.29, 0.717) is 11.2 Å². The van der Waals surface area contributed by atoms with Crippen molar-refractivity contribution in [1.29, 1.82) is 0 Å². The zero-order chi connectivity index (χ0) is 12.5. The molecule has 2 heterocycles. The number of nitrogens with one attached hydrogen (secondary N) is 1. The molecular weight excluding hydrogens is 264 g/mol. The van der Waals surface area contributed by atoms with Gasteiger partial charge in [-0.15, -0.1) is 11.3 Å². The maximum Gasteiger partial charge on any atom is 0.152 e. The summed E-state index contributed by atoms with van der Waals surface area (Å²) in [5.41, 5.74) is 3.56. The van der Waals surface area contributed by atoms with Gasteiger partial charge in [0.2, 0.25) is 0 Å². The van der Waals surface area contributed by atoms with E-state index < -0.39 is 0 Å². The summed E-state index contributed by atoms with van der Waals surface area (Å²) >= 11 is 8.04. The number of fused-ring (bicyclic) bond motifs is 1. The fourth-order valence-electron chi connectivity index (χ4n) is 2.51. The minimum absolute atomic E-state index is 0.375. The molecule has 2 aromatic heterocycles. The van der Waals surface area contributed by atoms with E-state index in [1.807, 2.05) is 17.4 Å². The second kappa shape index (κ2) is 4.90. The Morgan fingerprint density at radius 1 is 1.44 bits per heavy atom. The first-order valence-electron chi connectivity index (χ1n) is 6.19. The van der Waals surface area contributed by atoms with E-state index in [2.05, 4.69) is 28.7 Å². The van der Waals surface area contributed by atoms with Crippen LogP contribution in [-0.4, -0.2) is 4.98 Å². The number of anilines is 1. The average molecular weight is 279 g/mol. The second-order valence-corrected chi connectivity index (χ2v) is 6.04. The second-order valence-electron chi connectivity index (χ2n) is 4.68. The molecular formula is C14H15ClN2S. The van der Waals surface area contributed by atoms with Gasteiger partial charge in [0, 0.05) is 11.1 Å². The molecule has 1 atom stereocenters. The van der Waals surface area contributed by atoms with Crippen LogP contribution in [0.15, 0.2) is 23.7 Å². The zero-order valence-electron chi connectivity index (χ0n) is 10.2. The molecule has 1 aliphatic rings. The molecule has 94 valence electrons. The van der Waals surface area contributed by atoms with Gasteiger partial charge in [-0.2, -0.15) is 0 Å². The number of hydrogen-bond donors (Lipinski definition) is 1. The van der Waals surface area contributed by atoms with Crippen LogP contribution < -0.4 is 5.32 Å². The van der Waals surface area contributed by atoms with Gasteiger partial charge in [0.25, 0.3) is 0 Å². The van der Waals surface area contributed by atoms with E-state index in [9.17, 15) is 0 Å². The van der Waals surface area contributed by atoms with Crippen molar-refractivity contribution in [2.75, 3.05) is 5.32 Å². The summed E-state index contributed by atoms with van der Waals surface area (Å²) in [4.78, 5) is 5.67. The highest BCUT2D eigenvalue weighted by Gasteiger charge is 2.22. The normalized spacial score (nSPS) is 18.4. The zero-order valence-corrected chi connectivity index (χ0v) is 11.8. The number of pyridine rings is 1. The smallest absolute Gasteiger partial charge is 0.152 e. The minimum Gasteiger partial charge on any atom is -0.375 e. The first-order chi connectivity index (χ1) is 8.75. The summed E-state index contributed by atoms with van der Waals surface area (Å²) in [5, 5.41) is 6.32. The van der Waals surface area contributed by atoms with Crippen LogP contribution in [0.1, 0.15) is 34.9 Å². The highest BCUT2D eigenvalue weighted by atomic mass is 35.5. The fourth-order valence-corrected chi connectivity index (χ4v) is 3.76. The molecule has 0 spiro atoms. The maximum atomic E-state index is 6.18. The van der Waals surface area contributed by atoms with Crippen LogP contribution in [0.5, 0.6) is 0 Å². The van der Waals surface area contributed by atoms with Crippen LogP contribution in [0.4, 0.5) is 5.69 Å². The van der Waals surface area contributed by atoms with Gasteiger partial charge in [-0.05, 0) is 54.8 Å². The Hall–Kier alpha value is -1.06. The van der Waals surface area contributed by atoms with Crippen molar-refractivity contribution >= 4 is 28.6 Å². The van der Waals surface area contributed by atoms with Crippen molar-refractivity contribution in [3.63, 3.8) is 0 Å². The lowest BCUT2D eigenvalue weighted by Crippen LogP contribution is -2.16. The maximum absolute atomic E-state index is 6.18. The average Bonchev–Trinajstić information content (AvgIpc) is 2.83. The predicted molar refractivity (Wildman–Crippen MR) is 77.6 cm³/mol. The summed E-state index contributed by atoms with van der Waals surface area (Å²) < 4.78 is 0. The van der Waals surface area contributed by atoms with Gasteiger partial charge in [-0.25, -0.2) is 4.98 Å². The molecule has 0 fully saturated rings. The number of rotatable bonds is 2. The molecule has 1 N–H and O–H groups in total. The number of aromatic nitrogens is 1. The molecule has 0 saturated carbocycles. The topological polar surface area (TPSA) is 24.9 Å². The van der Waals surface area contributed by atoms with Crippen LogP contribution in [0, 0.1) is 6.92 Å². The summed E-state index contributed by atoms with van der Waals surface area (Å²) in [6.07, 6.45) is 5.36. The Morgan fingerprint density at radius 3 is 3.17 bits per heavy atom. The summed E-state index contributed by atoms with van der Waals surface area (Å²) in [5.74, 6) is 0. The fraction of sp³-hybridized carbons (Fsp3) is 0.357.